The van der Waals surface area contributed by atoms with Crippen LogP contribution in [0.25, 0.3) is 11.4 Å². The molecule has 0 unspecified atom stereocenters. The predicted molar refractivity (Wildman–Crippen MR) is 116 cm³/mol. The fourth-order valence-electron chi connectivity index (χ4n) is 3.15. The fraction of sp³-hybridized carbons (Fsp3) is 0.130. The zero-order chi connectivity index (χ0) is 22.7. The molecular weight excluding hydrogens is 413 g/mol. The summed E-state index contributed by atoms with van der Waals surface area (Å²) in [5.74, 6) is -1.13. The van der Waals surface area contributed by atoms with Crippen LogP contribution in [0.2, 0.25) is 0 Å². The fourth-order valence-corrected chi connectivity index (χ4v) is 3.15. The van der Waals surface area contributed by atoms with E-state index in [4.69, 9.17) is 4.74 Å². The SMILES string of the molecule is CCOC(=O)c1ccn(-c2ccc(NC(=O)c3cnn(-c4ccc(F)cc4)c3C)cc2)n1. The molecule has 0 radical (unpaired) electrons. The van der Waals surface area contributed by atoms with Gasteiger partial charge in [0.05, 0.1) is 35.4 Å². The third-order valence-electron chi connectivity index (χ3n) is 4.79. The van der Waals surface area contributed by atoms with Gasteiger partial charge in [-0.1, -0.05) is 0 Å². The number of anilines is 1. The number of nitrogens with one attached hydrogen (secondary N) is 1. The molecule has 4 rings (SSSR count). The van der Waals surface area contributed by atoms with E-state index in [0.717, 1.165) is 5.69 Å². The van der Waals surface area contributed by atoms with E-state index in [1.807, 2.05) is 0 Å². The third-order valence-corrected chi connectivity index (χ3v) is 4.79. The summed E-state index contributed by atoms with van der Waals surface area (Å²) in [6.07, 6.45) is 3.14. The van der Waals surface area contributed by atoms with Crippen LogP contribution in [0.15, 0.2) is 67.0 Å². The summed E-state index contributed by atoms with van der Waals surface area (Å²) in [7, 11) is 0. The summed E-state index contributed by atoms with van der Waals surface area (Å²) in [4.78, 5) is 24.5. The Morgan fingerprint density at radius 1 is 1.03 bits per heavy atom. The highest BCUT2D eigenvalue weighted by Crippen LogP contribution is 2.18. The zero-order valence-corrected chi connectivity index (χ0v) is 17.4. The monoisotopic (exact) mass is 433 g/mol. The van der Waals surface area contributed by atoms with Gasteiger partial charge >= 0.3 is 5.97 Å². The van der Waals surface area contributed by atoms with E-state index in [-0.39, 0.29) is 24.0 Å². The number of esters is 1. The molecule has 2 aromatic heterocycles. The molecule has 2 heterocycles. The number of carbonyl (C=O) groups excluding carboxylic acids is 2. The van der Waals surface area contributed by atoms with Crippen LogP contribution in [-0.4, -0.2) is 38.0 Å². The summed E-state index contributed by atoms with van der Waals surface area (Å²) in [5, 5.41) is 11.3. The number of hydrogen-bond donors (Lipinski definition) is 1. The van der Waals surface area contributed by atoms with Crippen LogP contribution in [0, 0.1) is 12.7 Å². The Bertz CT molecular complexity index is 1260. The van der Waals surface area contributed by atoms with Gasteiger partial charge in [-0.05, 0) is 68.4 Å². The lowest BCUT2D eigenvalue weighted by molar-refractivity contribution is 0.0519. The average molecular weight is 433 g/mol. The summed E-state index contributed by atoms with van der Waals surface area (Å²) < 4.78 is 21.2. The van der Waals surface area contributed by atoms with Crippen molar-refractivity contribution in [2.75, 3.05) is 11.9 Å². The number of rotatable bonds is 6. The molecule has 0 saturated heterocycles. The minimum Gasteiger partial charge on any atom is -0.461 e. The topological polar surface area (TPSA) is 91.0 Å². The van der Waals surface area contributed by atoms with E-state index in [1.54, 1.807) is 71.9 Å². The maximum atomic E-state index is 13.2. The number of aromatic nitrogens is 4. The number of nitrogens with zero attached hydrogens (tertiary/aromatic N) is 4. The first-order chi connectivity index (χ1) is 15.5. The summed E-state index contributed by atoms with van der Waals surface area (Å²) in [6, 6.07) is 14.5. The van der Waals surface area contributed by atoms with Crippen molar-refractivity contribution in [1.82, 2.24) is 19.6 Å². The molecule has 0 aliphatic rings. The van der Waals surface area contributed by atoms with Crippen LogP contribution in [-0.2, 0) is 4.74 Å². The predicted octanol–water partition coefficient (Wildman–Crippen LogP) is 3.93. The van der Waals surface area contributed by atoms with E-state index in [2.05, 4.69) is 15.5 Å². The highest BCUT2D eigenvalue weighted by Gasteiger charge is 2.16. The lowest BCUT2D eigenvalue weighted by Crippen LogP contribution is -2.13. The van der Waals surface area contributed by atoms with E-state index >= 15 is 0 Å². The van der Waals surface area contributed by atoms with Crippen LogP contribution in [0.4, 0.5) is 10.1 Å². The van der Waals surface area contributed by atoms with Crippen LogP contribution in [0.3, 0.4) is 0 Å². The molecule has 32 heavy (non-hydrogen) atoms. The van der Waals surface area contributed by atoms with Gasteiger partial charge in [0.15, 0.2) is 5.69 Å². The van der Waals surface area contributed by atoms with Crippen molar-refractivity contribution in [2.45, 2.75) is 13.8 Å². The zero-order valence-electron chi connectivity index (χ0n) is 17.4. The molecule has 162 valence electrons. The highest BCUT2D eigenvalue weighted by atomic mass is 19.1. The molecule has 2 aromatic carbocycles. The molecule has 0 bridgehead atoms. The van der Waals surface area contributed by atoms with E-state index in [9.17, 15) is 14.0 Å². The maximum Gasteiger partial charge on any atom is 0.358 e. The number of benzene rings is 2. The third kappa shape index (κ3) is 4.27. The second-order valence-corrected chi connectivity index (χ2v) is 6.90. The molecule has 4 aromatic rings. The first-order valence-corrected chi connectivity index (χ1v) is 9.91. The molecule has 0 atom stereocenters. The molecule has 1 N–H and O–H groups in total. The van der Waals surface area contributed by atoms with Crippen molar-refractivity contribution >= 4 is 17.6 Å². The molecule has 0 aliphatic carbocycles. The van der Waals surface area contributed by atoms with Gasteiger partial charge in [-0.3, -0.25) is 4.79 Å². The Morgan fingerprint density at radius 2 is 1.72 bits per heavy atom. The Kier molecular flexibility index (Phi) is 5.80. The molecule has 1 amide bonds. The maximum absolute atomic E-state index is 13.2. The van der Waals surface area contributed by atoms with Gasteiger partial charge in [0, 0.05) is 11.9 Å². The number of amides is 1. The first-order valence-electron chi connectivity index (χ1n) is 9.91. The van der Waals surface area contributed by atoms with Crippen molar-refractivity contribution < 1.29 is 18.7 Å². The van der Waals surface area contributed by atoms with Crippen molar-refractivity contribution in [2.24, 2.45) is 0 Å². The van der Waals surface area contributed by atoms with Gasteiger partial charge < -0.3 is 10.1 Å². The molecule has 8 nitrogen and oxygen atoms in total. The second kappa shape index (κ2) is 8.84. The normalized spacial score (nSPS) is 10.7. The molecule has 0 saturated carbocycles. The number of hydrogen-bond acceptors (Lipinski definition) is 5. The van der Waals surface area contributed by atoms with Gasteiger partial charge in [0.1, 0.15) is 5.82 Å². The number of carbonyl (C=O) groups is 2. The summed E-state index contributed by atoms with van der Waals surface area (Å²) in [6.45, 7) is 3.78. The molecular formula is C23H20FN5O3. The van der Waals surface area contributed by atoms with Crippen molar-refractivity contribution in [1.29, 1.82) is 0 Å². The first kappa shape index (κ1) is 21.0. The van der Waals surface area contributed by atoms with Gasteiger partial charge in [0.25, 0.3) is 5.91 Å². The quantitative estimate of drug-likeness (QED) is 0.465. The Hall–Kier alpha value is -4.27. The molecule has 0 fully saturated rings. The number of ether oxygens (including phenoxy) is 1. The summed E-state index contributed by atoms with van der Waals surface area (Å²) >= 11 is 0. The van der Waals surface area contributed by atoms with Crippen molar-refractivity contribution in [3.8, 4) is 11.4 Å². The van der Waals surface area contributed by atoms with Crippen LogP contribution < -0.4 is 5.32 Å². The smallest absolute Gasteiger partial charge is 0.358 e. The largest absolute Gasteiger partial charge is 0.461 e. The van der Waals surface area contributed by atoms with Crippen molar-refractivity contribution in [3.63, 3.8) is 0 Å². The minimum absolute atomic E-state index is 0.220. The Balaban J connectivity index is 1.47. The summed E-state index contributed by atoms with van der Waals surface area (Å²) in [5.41, 5.74) is 3.23. The lowest BCUT2D eigenvalue weighted by Gasteiger charge is -2.08. The highest BCUT2D eigenvalue weighted by molar-refractivity contribution is 6.05. The standard InChI is InChI=1S/C23H20FN5O3/c1-3-32-23(31)21-12-13-28(27-21)18-10-6-17(7-11-18)26-22(30)20-14-25-29(15(20)2)19-8-4-16(24)5-9-19/h4-14H,3H2,1-2H3,(H,26,30). The van der Waals surface area contributed by atoms with Crippen LogP contribution >= 0.6 is 0 Å². The van der Waals surface area contributed by atoms with Crippen molar-refractivity contribution in [3.05, 3.63) is 89.8 Å². The lowest BCUT2D eigenvalue weighted by atomic mass is 10.2. The van der Waals surface area contributed by atoms with Gasteiger partial charge in [-0.2, -0.15) is 10.2 Å². The average Bonchev–Trinajstić information content (AvgIpc) is 3.42. The van der Waals surface area contributed by atoms with Crippen LogP contribution in [0.1, 0.15) is 33.5 Å². The second-order valence-electron chi connectivity index (χ2n) is 6.90. The van der Waals surface area contributed by atoms with Crippen LogP contribution in [0.5, 0.6) is 0 Å². The van der Waals surface area contributed by atoms with E-state index in [1.165, 1.54) is 18.3 Å². The van der Waals surface area contributed by atoms with Gasteiger partial charge in [-0.25, -0.2) is 18.5 Å². The minimum atomic E-state index is -0.480. The Labute approximate surface area is 183 Å². The van der Waals surface area contributed by atoms with E-state index < -0.39 is 5.97 Å². The van der Waals surface area contributed by atoms with E-state index in [0.29, 0.717) is 22.6 Å². The molecule has 0 aliphatic heterocycles. The molecule has 0 spiro atoms. The van der Waals surface area contributed by atoms with Gasteiger partial charge in [-0.15, -0.1) is 0 Å². The Morgan fingerprint density at radius 3 is 2.41 bits per heavy atom. The molecule has 9 heteroatoms. The van der Waals surface area contributed by atoms with Gasteiger partial charge in [0.2, 0.25) is 0 Å². The number of halogens is 1.